The highest BCUT2D eigenvalue weighted by Gasteiger charge is 2.29. The number of rotatable bonds is 3. The number of aliphatic hydroxyl groups is 1. The van der Waals surface area contributed by atoms with E-state index < -0.39 is 0 Å². The van der Waals surface area contributed by atoms with Crippen molar-refractivity contribution in [3.63, 3.8) is 0 Å². The number of thioether (sulfide) groups is 1. The lowest BCUT2D eigenvalue weighted by Crippen LogP contribution is -2.22. The van der Waals surface area contributed by atoms with Crippen LogP contribution in [0, 0.1) is 0 Å². The van der Waals surface area contributed by atoms with Gasteiger partial charge in [0, 0.05) is 0 Å². The van der Waals surface area contributed by atoms with Gasteiger partial charge in [0.05, 0.1) is 5.60 Å². The van der Waals surface area contributed by atoms with Crippen LogP contribution in [-0.2, 0) is 0 Å². The lowest BCUT2D eigenvalue weighted by atomic mass is 9.98. The molecule has 0 saturated heterocycles. The Morgan fingerprint density at radius 1 is 1.45 bits per heavy atom. The van der Waals surface area contributed by atoms with Crippen LogP contribution < -0.4 is 0 Å². The van der Waals surface area contributed by atoms with Crippen molar-refractivity contribution in [3.05, 3.63) is 11.5 Å². The normalized spacial score (nSPS) is 23.1. The predicted octanol–water partition coefficient (Wildman–Crippen LogP) is 2.56. The Morgan fingerprint density at radius 2 is 2.09 bits per heavy atom. The zero-order valence-electron chi connectivity index (χ0n) is 7.05. The van der Waals surface area contributed by atoms with Crippen molar-refractivity contribution in [3.8, 4) is 0 Å². The van der Waals surface area contributed by atoms with E-state index in [1.807, 2.05) is 6.26 Å². The molecular formula is C9H16OS. The summed E-state index contributed by atoms with van der Waals surface area (Å²) in [7, 11) is 0. The summed E-state index contributed by atoms with van der Waals surface area (Å²) in [6, 6.07) is 0. The summed E-state index contributed by atoms with van der Waals surface area (Å²) < 4.78 is 0. The van der Waals surface area contributed by atoms with E-state index >= 15 is 0 Å². The van der Waals surface area contributed by atoms with E-state index in [2.05, 4.69) is 11.5 Å². The topological polar surface area (TPSA) is 20.2 Å². The van der Waals surface area contributed by atoms with Gasteiger partial charge in [0.25, 0.3) is 0 Å². The van der Waals surface area contributed by atoms with Gasteiger partial charge in [0.2, 0.25) is 0 Å². The Kier molecular flexibility index (Phi) is 3.46. The summed E-state index contributed by atoms with van der Waals surface area (Å²) in [6.07, 6.45) is 9.34. The summed E-state index contributed by atoms with van der Waals surface area (Å²) in [5, 5.41) is 11.9. The molecule has 0 aromatic carbocycles. The summed E-state index contributed by atoms with van der Waals surface area (Å²) in [4.78, 5) is 0. The lowest BCUT2D eigenvalue weighted by Gasteiger charge is -2.19. The molecule has 0 heterocycles. The van der Waals surface area contributed by atoms with Crippen molar-refractivity contribution >= 4 is 11.8 Å². The second kappa shape index (κ2) is 4.17. The van der Waals surface area contributed by atoms with Crippen LogP contribution in [0.2, 0.25) is 0 Å². The molecule has 1 nitrogen and oxygen atoms in total. The highest BCUT2D eigenvalue weighted by atomic mass is 32.2. The Bertz CT molecular complexity index is 136. The van der Waals surface area contributed by atoms with E-state index in [4.69, 9.17) is 0 Å². The summed E-state index contributed by atoms with van der Waals surface area (Å²) in [5.74, 6) is 0. The van der Waals surface area contributed by atoms with Gasteiger partial charge in [-0.1, -0.05) is 18.9 Å². The monoisotopic (exact) mass is 172 g/mol. The fourth-order valence-corrected chi connectivity index (χ4v) is 1.89. The molecule has 2 heteroatoms. The molecule has 0 aromatic heterocycles. The van der Waals surface area contributed by atoms with Crippen LogP contribution in [0.3, 0.4) is 0 Å². The SMILES string of the molecule is CS/C=C/CC1(O)CCCC1. The van der Waals surface area contributed by atoms with Crippen molar-refractivity contribution in [1.29, 1.82) is 0 Å². The number of hydrogen-bond donors (Lipinski definition) is 1. The quantitative estimate of drug-likeness (QED) is 0.706. The molecule has 1 saturated carbocycles. The Balaban J connectivity index is 2.28. The van der Waals surface area contributed by atoms with Gasteiger partial charge in [0.15, 0.2) is 0 Å². The zero-order chi connectivity index (χ0) is 8.16. The molecule has 0 radical (unpaired) electrons. The van der Waals surface area contributed by atoms with Crippen molar-refractivity contribution < 1.29 is 5.11 Å². The highest BCUT2D eigenvalue weighted by molar-refractivity contribution is 8.01. The first kappa shape index (κ1) is 9.14. The molecular weight excluding hydrogens is 156 g/mol. The van der Waals surface area contributed by atoms with Gasteiger partial charge in [-0.3, -0.25) is 0 Å². The van der Waals surface area contributed by atoms with Crippen LogP contribution in [0.15, 0.2) is 11.5 Å². The third kappa shape index (κ3) is 2.88. The molecule has 11 heavy (non-hydrogen) atoms. The van der Waals surface area contributed by atoms with Crippen LogP contribution in [-0.4, -0.2) is 17.0 Å². The first-order valence-electron chi connectivity index (χ1n) is 4.17. The van der Waals surface area contributed by atoms with Gasteiger partial charge in [0.1, 0.15) is 0 Å². The van der Waals surface area contributed by atoms with E-state index in [0.29, 0.717) is 0 Å². The minimum absolute atomic E-state index is 0.355. The third-order valence-electron chi connectivity index (χ3n) is 2.26. The van der Waals surface area contributed by atoms with Crippen molar-refractivity contribution in [2.24, 2.45) is 0 Å². The van der Waals surface area contributed by atoms with Crippen LogP contribution in [0.25, 0.3) is 0 Å². The van der Waals surface area contributed by atoms with Gasteiger partial charge in [-0.25, -0.2) is 0 Å². The van der Waals surface area contributed by atoms with Crippen LogP contribution >= 0.6 is 11.8 Å². The smallest absolute Gasteiger partial charge is 0.0682 e. The van der Waals surface area contributed by atoms with E-state index in [0.717, 1.165) is 19.3 Å². The summed E-state index contributed by atoms with van der Waals surface area (Å²) >= 11 is 1.69. The molecule has 0 amide bonds. The van der Waals surface area contributed by atoms with Gasteiger partial charge >= 0.3 is 0 Å². The van der Waals surface area contributed by atoms with Crippen molar-refractivity contribution in [2.75, 3.05) is 6.26 Å². The first-order chi connectivity index (χ1) is 5.27. The number of hydrogen-bond acceptors (Lipinski definition) is 2. The maximum atomic E-state index is 9.86. The van der Waals surface area contributed by atoms with E-state index in [1.54, 1.807) is 11.8 Å². The highest BCUT2D eigenvalue weighted by Crippen LogP contribution is 2.32. The average molecular weight is 172 g/mol. The summed E-state index contributed by atoms with van der Waals surface area (Å²) in [5.41, 5.74) is -0.355. The maximum Gasteiger partial charge on any atom is 0.0682 e. The van der Waals surface area contributed by atoms with Crippen LogP contribution in [0.1, 0.15) is 32.1 Å². The molecule has 1 N–H and O–H groups in total. The fourth-order valence-electron chi connectivity index (χ4n) is 1.60. The van der Waals surface area contributed by atoms with Crippen molar-refractivity contribution in [2.45, 2.75) is 37.7 Å². The minimum atomic E-state index is -0.355. The second-order valence-electron chi connectivity index (χ2n) is 3.24. The Hall–Kier alpha value is 0.0500. The molecule has 64 valence electrons. The van der Waals surface area contributed by atoms with Gasteiger partial charge in [-0.2, -0.15) is 0 Å². The van der Waals surface area contributed by atoms with E-state index in [9.17, 15) is 5.11 Å². The third-order valence-corrected chi connectivity index (χ3v) is 2.73. The Labute approximate surface area is 72.9 Å². The van der Waals surface area contributed by atoms with E-state index in [1.165, 1.54) is 12.8 Å². The predicted molar refractivity (Wildman–Crippen MR) is 50.7 cm³/mol. The maximum absolute atomic E-state index is 9.86. The minimum Gasteiger partial charge on any atom is -0.390 e. The average Bonchev–Trinajstić information content (AvgIpc) is 2.38. The molecule has 0 aliphatic heterocycles. The van der Waals surface area contributed by atoms with E-state index in [-0.39, 0.29) is 5.60 Å². The van der Waals surface area contributed by atoms with Crippen molar-refractivity contribution in [1.82, 2.24) is 0 Å². The molecule has 1 fully saturated rings. The van der Waals surface area contributed by atoms with Crippen LogP contribution in [0.5, 0.6) is 0 Å². The lowest BCUT2D eigenvalue weighted by molar-refractivity contribution is 0.0510. The largest absolute Gasteiger partial charge is 0.390 e. The molecule has 0 bridgehead atoms. The van der Waals surface area contributed by atoms with Crippen LogP contribution in [0.4, 0.5) is 0 Å². The molecule has 0 atom stereocenters. The molecule has 1 rings (SSSR count). The van der Waals surface area contributed by atoms with Gasteiger partial charge in [-0.15, -0.1) is 11.8 Å². The first-order valence-corrected chi connectivity index (χ1v) is 5.46. The molecule has 0 spiro atoms. The molecule has 1 aliphatic carbocycles. The van der Waals surface area contributed by atoms with Gasteiger partial charge < -0.3 is 5.11 Å². The molecule has 0 unspecified atom stereocenters. The second-order valence-corrected chi connectivity index (χ2v) is 3.99. The Morgan fingerprint density at radius 3 is 2.64 bits per heavy atom. The standard InChI is InChI=1S/C9H16OS/c1-11-8-4-7-9(10)5-2-3-6-9/h4,8,10H,2-3,5-7H2,1H3/b8-4+. The zero-order valence-corrected chi connectivity index (χ0v) is 7.86. The molecule has 1 aliphatic rings. The van der Waals surface area contributed by atoms with Gasteiger partial charge in [-0.05, 0) is 30.9 Å². The summed E-state index contributed by atoms with van der Waals surface area (Å²) in [6.45, 7) is 0. The fraction of sp³-hybridized carbons (Fsp3) is 0.778. The molecule has 0 aromatic rings.